The Labute approximate surface area is 87.3 Å². The Bertz CT molecular complexity index is 416. The van der Waals surface area contributed by atoms with E-state index in [-0.39, 0.29) is 16.8 Å². The fourth-order valence-electron chi connectivity index (χ4n) is 1.04. The molecule has 0 saturated heterocycles. The summed E-state index contributed by atoms with van der Waals surface area (Å²) in [4.78, 5) is 21.4. The number of anilines is 1. The number of rotatable bonds is 2. The predicted molar refractivity (Wildman–Crippen MR) is 52.5 cm³/mol. The van der Waals surface area contributed by atoms with Crippen molar-refractivity contribution < 1.29 is 19.8 Å². The molecule has 0 aliphatic rings. The van der Waals surface area contributed by atoms with E-state index in [2.05, 4.69) is 15.9 Å². The van der Waals surface area contributed by atoms with Crippen LogP contribution in [0.4, 0.5) is 5.69 Å². The third-order valence-electron chi connectivity index (χ3n) is 1.58. The van der Waals surface area contributed by atoms with Gasteiger partial charge in [0.1, 0.15) is 0 Å². The Kier molecular flexibility index (Phi) is 2.76. The molecule has 0 saturated carbocycles. The number of aromatic carboxylic acids is 2. The van der Waals surface area contributed by atoms with Crippen molar-refractivity contribution in [3.05, 3.63) is 27.7 Å². The smallest absolute Gasteiger partial charge is 0.338 e. The molecule has 4 N–H and O–H groups in total. The lowest BCUT2D eigenvalue weighted by atomic mass is 10.1. The number of halogens is 1. The van der Waals surface area contributed by atoms with Gasteiger partial charge in [0.25, 0.3) is 0 Å². The molecule has 0 bridgehead atoms. The van der Waals surface area contributed by atoms with Crippen LogP contribution in [0.5, 0.6) is 0 Å². The number of nitrogens with two attached hydrogens (primary N) is 1. The van der Waals surface area contributed by atoms with Crippen LogP contribution < -0.4 is 5.73 Å². The summed E-state index contributed by atoms with van der Waals surface area (Å²) in [5.41, 5.74) is 4.59. The van der Waals surface area contributed by atoms with Crippen molar-refractivity contribution in [2.24, 2.45) is 0 Å². The van der Waals surface area contributed by atoms with E-state index in [0.29, 0.717) is 4.47 Å². The average Bonchev–Trinajstić information content (AvgIpc) is 2.01. The largest absolute Gasteiger partial charge is 0.478 e. The van der Waals surface area contributed by atoms with E-state index in [1.54, 1.807) is 0 Å². The van der Waals surface area contributed by atoms with Gasteiger partial charge in [-0.2, -0.15) is 0 Å². The fourth-order valence-corrected chi connectivity index (χ4v) is 1.51. The second-order valence-electron chi connectivity index (χ2n) is 2.53. The number of carboxylic acids is 2. The summed E-state index contributed by atoms with van der Waals surface area (Å²) < 4.78 is 0.428. The van der Waals surface area contributed by atoms with Gasteiger partial charge < -0.3 is 15.9 Å². The number of carbonyl (C=O) groups is 2. The minimum absolute atomic E-state index is 0.0794. The van der Waals surface area contributed by atoms with Gasteiger partial charge in [-0.1, -0.05) is 15.9 Å². The zero-order chi connectivity index (χ0) is 10.9. The number of carboxylic acid groups (broad SMARTS) is 2. The van der Waals surface area contributed by atoms with E-state index in [0.717, 1.165) is 0 Å². The SMILES string of the molecule is Nc1cc(Br)cc(C(=O)O)c1C(=O)O. The summed E-state index contributed by atoms with van der Waals surface area (Å²) in [5.74, 6) is -2.68. The van der Waals surface area contributed by atoms with E-state index in [4.69, 9.17) is 15.9 Å². The van der Waals surface area contributed by atoms with Gasteiger partial charge >= 0.3 is 11.9 Å². The van der Waals surface area contributed by atoms with Crippen molar-refractivity contribution in [1.29, 1.82) is 0 Å². The highest BCUT2D eigenvalue weighted by atomic mass is 79.9. The van der Waals surface area contributed by atoms with Crippen molar-refractivity contribution in [3.8, 4) is 0 Å². The summed E-state index contributed by atoms with van der Waals surface area (Å²) in [6, 6.07) is 2.54. The van der Waals surface area contributed by atoms with Gasteiger partial charge in [-0.25, -0.2) is 9.59 Å². The molecule has 5 nitrogen and oxygen atoms in total. The summed E-state index contributed by atoms with van der Waals surface area (Å²) in [7, 11) is 0. The minimum atomic E-state index is -1.35. The molecule has 74 valence electrons. The fraction of sp³-hybridized carbons (Fsp3) is 0. The topological polar surface area (TPSA) is 101 Å². The zero-order valence-corrected chi connectivity index (χ0v) is 8.41. The highest BCUT2D eigenvalue weighted by molar-refractivity contribution is 9.10. The third-order valence-corrected chi connectivity index (χ3v) is 2.04. The molecule has 1 aromatic carbocycles. The van der Waals surface area contributed by atoms with Gasteiger partial charge in [-0.05, 0) is 12.1 Å². The van der Waals surface area contributed by atoms with Crippen LogP contribution in [0.2, 0.25) is 0 Å². The molecular formula is C8H6BrNO4. The summed E-state index contributed by atoms with van der Waals surface area (Å²) in [6.45, 7) is 0. The van der Waals surface area contributed by atoms with Crippen LogP contribution in [0.3, 0.4) is 0 Å². The summed E-state index contributed by atoms with van der Waals surface area (Å²) in [5, 5.41) is 17.5. The quantitative estimate of drug-likeness (QED) is 0.698. The van der Waals surface area contributed by atoms with Gasteiger partial charge in [-0.15, -0.1) is 0 Å². The molecule has 1 aromatic rings. The highest BCUT2D eigenvalue weighted by Crippen LogP contribution is 2.23. The normalized spacial score (nSPS) is 9.79. The number of benzene rings is 1. The molecule has 0 unspecified atom stereocenters. The standard InChI is InChI=1S/C8H6BrNO4/c9-3-1-4(7(11)12)6(8(13)14)5(10)2-3/h1-2H,10H2,(H,11,12)(H,13,14). The minimum Gasteiger partial charge on any atom is -0.478 e. The molecule has 0 atom stereocenters. The maximum Gasteiger partial charge on any atom is 0.338 e. The molecule has 14 heavy (non-hydrogen) atoms. The molecule has 0 aliphatic carbocycles. The van der Waals surface area contributed by atoms with Crippen molar-refractivity contribution in [2.45, 2.75) is 0 Å². The summed E-state index contributed by atoms with van der Waals surface area (Å²) in [6.07, 6.45) is 0. The Balaban J connectivity index is 3.52. The van der Waals surface area contributed by atoms with Gasteiger partial charge in [0.15, 0.2) is 0 Å². The van der Waals surface area contributed by atoms with Crippen LogP contribution in [0.1, 0.15) is 20.7 Å². The van der Waals surface area contributed by atoms with Crippen LogP contribution in [0, 0.1) is 0 Å². The van der Waals surface area contributed by atoms with Gasteiger partial charge in [0.2, 0.25) is 0 Å². The van der Waals surface area contributed by atoms with Gasteiger partial charge in [0, 0.05) is 10.2 Å². The van der Waals surface area contributed by atoms with Crippen LogP contribution in [-0.4, -0.2) is 22.2 Å². The lowest BCUT2D eigenvalue weighted by Crippen LogP contribution is -2.11. The molecule has 0 radical (unpaired) electrons. The number of hydrogen-bond acceptors (Lipinski definition) is 3. The van der Waals surface area contributed by atoms with E-state index in [9.17, 15) is 9.59 Å². The molecule has 0 aromatic heterocycles. The molecule has 1 rings (SSSR count). The first kappa shape index (κ1) is 10.5. The molecular weight excluding hydrogens is 254 g/mol. The Morgan fingerprint density at radius 1 is 1.21 bits per heavy atom. The molecule has 0 heterocycles. The van der Waals surface area contributed by atoms with Crippen LogP contribution in [0.25, 0.3) is 0 Å². The highest BCUT2D eigenvalue weighted by Gasteiger charge is 2.19. The summed E-state index contributed by atoms with van der Waals surface area (Å²) >= 11 is 3.03. The molecule has 6 heteroatoms. The second-order valence-corrected chi connectivity index (χ2v) is 3.44. The first-order chi connectivity index (χ1) is 6.43. The van der Waals surface area contributed by atoms with E-state index in [1.807, 2.05) is 0 Å². The van der Waals surface area contributed by atoms with E-state index in [1.165, 1.54) is 12.1 Å². The Morgan fingerprint density at radius 3 is 2.21 bits per heavy atom. The first-order valence-electron chi connectivity index (χ1n) is 3.49. The van der Waals surface area contributed by atoms with Gasteiger partial charge in [-0.3, -0.25) is 0 Å². The lowest BCUT2D eigenvalue weighted by Gasteiger charge is -2.05. The number of nitrogen functional groups attached to an aromatic ring is 1. The predicted octanol–water partition coefficient (Wildman–Crippen LogP) is 1.43. The zero-order valence-electron chi connectivity index (χ0n) is 6.82. The van der Waals surface area contributed by atoms with Crippen molar-refractivity contribution >= 4 is 33.6 Å². The van der Waals surface area contributed by atoms with Crippen molar-refractivity contribution in [1.82, 2.24) is 0 Å². The monoisotopic (exact) mass is 259 g/mol. The maximum atomic E-state index is 10.7. The lowest BCUT2D eigenvalue weighted by molar-refractivity contribution is 0.0652. The molecule has 0 spiro atoms. The third kappa shape index (κ3) is 1.85. The van der Waals surface area contributed by atoms with Crippen LogP contribution in [-0.2, 0) is 0 Å². The Hall–Kier alpha value is -1.56. The average molecular weight is 260 g/mol. The van der Waals surface area contributed by atoms with Crippen molar-refractivity contribution in [3.63, 3.8) is 0 Å². The Morgan fingerprint density at radius 2 is 1.79 bits per heavy atom. The van der Waals surface area contributed by atoms with Gasteiger partial charge in [0.05, 0.1) is 11.1 Å². The second kappa shape index (κ2) is 3.67. The molecule has 0 amide bonds. The van der Waals surface area contributed by atoms with E-state index >= 15 is 0 Å². The first-order valence-corrected chi connectivity index (χ1v) is 4.28. The maximum absolute atomic E-state index is 10.7. The van der Waals surface area contributed by atoms with E-state index < -0.39 is 11.9 Å². The van der Waals surface area contributed by atoms with Crippen LogP contribution >= 0.6 is 15.9 Å². The molecule has 0 fully saturated rings. The van der Waals surface area contributed by atoms with Crippen LogP contribution in [0.15, 0.2) is 16.6 Å². The number of hydrogen-bond donors (Lipinski definition) is 3. The molecule has 0 aliphatic heterocycles. The van der Waals surface area contributed by atoms with Crippen molar-refractivity contribution in [2.75, 3.05) is 5.73 Å².